The quantitative estimate of drug-likeness (QED) is 0.711. The fourth-order valence-electron chi connectivity index (χ4n) is 4.17. The summed E-state index contributed by atoms with van der Waals surface area (Å²) in [5.74, 6) is 0.672. The van der Waals surface area contributed by atoms with Gasteiger partial charge in [-0.15, -0.1) is 0 Å². The van der Waals surface area contributed by atoms with E-state index in [9.17, 15) is 5.11 Å². The van der Waals surface area contributed by atoms with Crippen LogP contribution in [0.25, 0.3) is 28.1 Å². The maximum atomic E-state index is 9.54. The van der Waals surface area contributed by atoms with Gasteiger partial charge in [0.25, 0.3) is 0 Å². The summed E-state index contributed by atoms with van der Waals surface area (Å²) >= 11 is 0. The van der Waals surface area contributed by atoms with E-state index in [0.717, 1.165) is 60.3 Å². The Labute approximate surface area is 169 Å². The summed E-state index contributed by atoms with van der Waals surface area (Å²) in [6.07, 6.45) is 6.98. The Kier molecular flexibility index (Phi) is 5.10. The lowest BCUT2D eigenvalue weighted by Gasteiger charge is -2.24. The van der Waals surface area contributed by atoms with E-state index in [1.54, 1.807) is 0 Å². The molecule has 0 radical (unpaired) electrons. The van der Waals surface area contributed by atoms with Gasteiger partial charge >= 0.3 is 0 Å². The van der Waals surface area contributed by atoms with E-state index in [0.29, 0.717) is 25.1 Å². The average molecular weight is 391 g/mol. The monoisotopic (exact) mass is 391 g/mol. The number of hydrogen-bond acceptors (Lipinski definition) is 6. The van der Waals surface area contributed by atoms with Crippen molar-refractivity contribution in [2.75, 3.05) is 26.3 Å². The molecule has 29 heavy (non-hydrogen) atoms. The Bertz CT molecular complexity index is 1050. The molecule has 0 spiro atoms. The third kappa shape index (κ3) is 3.57. The van der Waals surface area contributed by atoms with E-state index >= 15 is 0 Å². The molecule has 4 heterocycles. The molecule has 0 saturated carbocycles. The molecular formula is C22H25N5O2. The predicted octanol–water partition coefficient (Wildman–Crippen LogP) is 2.71. The summed E-state index contributed by atoms with van der Waals surface area (Å²) < 4.78 is 7.72. The van der Waals surface area contributed by atoms with Gasteiger partial charge in [-0.25, -0.2) is 15.0 Å². The van der Waals surface area contributed by atoms with Crippen LogP contribution in [-0.4, -0.2) is 50.9 Å². The molecule has 2 N–H and O–H groups in total. The molecule has 2 aliphatic rings. The van der Waals surface area contributed by atoms with Gasteiger partial charge in [0, 0.05) is 11.6 Å². The van der Waals surface area contributed by atoms with E-state index < -0.39 is 0 Å². The topological polar surface area (TPSA) is 85.1 Å². The molecule has 150 valence electrons. The molecule has 2 aliphatic heterocycles. The van der Waals surface area contributed by atoms with Crippen molar-refractivity contribution in [1.29, 1.82) is 0 Å². The lowest BCUT2D eigenvalue weighted by Crippen LogP contribution is -2.29. The van der Waals surface area contributed by atoms with Crippen molar-refractivity contribution in [1.82, 2.24) is 24.8 Å². The number of fused-ring (bicyclic) bond motifs is 1. The molecule has 1 saturated heterocycles. The minimum Gasteiger partial charge on any atom is -0.392 e. The molecule has 0 amide bonds. The van der Waals surface area contributed by atoms with Crippen LogP contribution in [0.3, 0.4) is 0 Å². The second-order valence-electron chi connectivity index (χ2n) is 7.61. The Morgan fingerprint density at radius 3 is 2.90 bits per heavy atom. The first kappa shape index (κ1) is 18.4. The van der Waals surface area contributed by atoms with Crippen LogP contribution in [0.5, 0.6) is 0 Å². The summed E-state index contributed by atoms with van der Waals surface area (Å²) in [4.78, 5) is 14.6. The highest BCUT2D eigenvalue weighted by Gasteiger charge is 2.22. The second-order valence-corrected chi connectivity index (χ2v) is 7.61. The van der Waals surface area contributed by atoms with Gasteiger partial charge in [0.15, 0.2) is 11.5 Å². The minimum absolute atomic E-state index is 0.00155. The number of piperidine rings is 1. The molecule has 0 atom stereocenters. The van der Waals surface area contributed by atoms with Crippen LogP contribution in [0.15, 0.2) is 36.7 Å². The van der Waals surface area contributed by atoms with Crippen LogP contribution in [0.1, 0.15) is 36.6 Å². The van der Waals surface area contributed by atoms with Crippen LogP contribution in [0.4, 0.5) is 0 Å². The lowest BCUT2D eigenvalue weighted by molar-refractivity contribution is 0.161. The van der Waals surface area contributed by atoms with Crippen molar-refractivity contribution < 1.29 is 9.84 Å². The highest BCUT2D eigenvalue weighted by atomic mass is 16.5. The number of imidazole rings is 1. The molecule has 0 aliphatic carbocycles. The number of benzene rings is 1. The van der Waals surface area contributed by atoms with Crippen LogP contribution < -0.4 is 5.32 Å². The van der Waals surface area contributed by atoms with Gasteiger partial charge in [-0.05, 0) is 49.6 Å². The van der Waals surface area contributed by atoms with Gasteiger partial charge in [0.1, 0.15) is 5.52 Å². The van der Waals surface area contributed by atoms with E-state index in [1.807, 2.05) is 30.6 Å². The number of aliphatic hydroxyl groups is 1. The number of rotatable bonds is 4. The zero-order valence-corrected chi connectivity index (χ0v) is 16.3. The zero-order valence-electron chi connectivity index (χ0n) is 16.3. The average Bonchev–Trinajstić information content (AvgIpc) is 3.24. The predicted molar refractivity (Wildman–Crippen MR) is 111 cm³/mol. The van der Waals surface area contributed by atoms with Gasteiger partial charge in [-0.3, -0.25) is 0 Å². The van der Waals surface area contributed by atoms with Crippen molar-refractivity contribution in [3.05, 3.63) is 47.9 Å². The van der Waals surface area contributed by atoms with E-state index in [4.69, 9.17) is 19.7 Å². The summed E-state index contributed by atoms with van der Waals surface area (Å²) in [5.41, 5.74) is 5.57. The smallest absolute Gasteiger partial charge is 0.164 e. The first-order valence-electron chi connectivity index (χ1n) is 10.3. The highest BCUT2D eigenvalue weighted by molar-refractivity contribution is 5.87. The van der Waals surface area contributed by atoms with Crippen LogP contribution in [0.2, 0.25) is 0 Å². The Hall–Kier alpha value is -2.61. The summed E-state index contributed by atoms with van der Waals surface area (Å²) in [7, 11) is 0. The molecule has 5 rings (SSSR count). The van der Waals surface area contributed by atoms with Gasteiger partial charge in [0.2, 0.25) is 0 Å². The summed E-state index contributed by atoms with van der Waals surface area (Å²) in [6.45, 7) is 3.32. The largest absolute Gasteiger partial charge is 0.392 e. The van der Waals surface area contributed by atoms with E-state index in [2.05, 4.69) is 16.0 Å². The molecule has 7 heteroatoms. The summed E-state index contributed by atoms with van der Waals surface area (Å²) in [5, 5.41) is 13.0. The minimum atomic E-state index is -0.00155. The Balaban J connectivity index is 1.69. The number of hydrogen-bond donors (Lipinski definition) is 2. The van der Waals surface area contributed by atoms with Gasteiger partial charge in [-0.1, -0.05) is 24.3 Å². The van der Waals surface area contributed by atoms with E-state index in [-0.39, 0.29) is 6.61 Å². The molecule has 0 bridgehead atoms. The van der Waals surface area contributed by atoms with Gasteiger partial charge in [0.05, 0.1) is 31.8 Å². The highest BCUT2D eigenvalue weighted by Crippen LogP contribution is 2.31. The SMILES string of the molecule is OCc1cccc(-c2nc(C3=CCOCC3)c3ncn(C4CCNCC4)c3n2)c1. The second kappa shape index (κ2) is 8.02. The molecule has 1 fully saturated rings. The zero-order chi connectivity index (χ0) is 19.6. The van der Waals surface area contributed by atoms with Crippen LogP contribution >= 0.6 is 0 Å². The maximum Gasteiger partial charge on any atom is 0.164 e. The van der Waals surface area contributed by atoms with Crippen LogP contribution in [-0.2, 0) is 11.3 Å². The molecular weight excluding hydrogens is 366 g/mol. The number of aromatic nitrogens is 4. The van der Waals surface area contributed by atoms with E-state index in [1.165, 1.54) is 5.57 Å². The van der Waals surface area contributed by atoms with Crippen molar-refractivity contribution >= 4 is 16.7 Å². The molecule has 7 nitrogen and oxygen atoms in total. The Morgan fingerprint density at radius 1 is 1.21 bits per heavy atom. The third-order valence-corrected chi connectivity index (χ3v) is 5.76. The number of nitrogens with one attached hydrogen (secondary N) is 1. The normalized spacial score (nSPS) is 18.2. The number of aliphatic hydroxyl groups excluding tert-OH is 1. The molecule has 0 unspecified atom stereocenters. The Morgan fingerprint density at radius 2 is 2.10 bits per heavy atom. The standard InChI is InChI=1S/C22H25N5O2/c28-13-15-2-1-3-17(12-15)21-25-19(16-6-10-29-11-7-16)20-22(26-21)27(14-24-20)18-4-8-23-9-5-18/h1-3,6,12,14,18,23,28H,4-5,7-11,13H2. The number of ether oxygens (including phenoxy) is 1. The van der Waals surface area contributed by atoms with Gasteiger partial charge in [-0.2, -0.15) is 0 Å². The van der Waals surface area contributed by atoms with Crippen molar-refractivity contribution in [2.45, 2.75) is 31.9 Å². The lowest BCUT2D eigenvalue weighted by atomic mass is 10.0. The third-order valence-electron chi connectivity index (χ3n) is 5.76. The summed E-state index contributed by atoms with van der Waals surface area (Å²) in [6, 6.07) is 8.18. The maximum absolute atomic E-state index is 9.54. The fourth-order valence-corrected chi connectivity index (χ4v) is 4.17. The first-order chi connectivity index (χ1) is 14.3. The molecule has 1 aromatic carbocycles. The van der Waals surface area contributed by atoms with Crippen molar-refractivity contribution in [2.24, 2.45) is 0 Å². The first-order valence-corrected chi connectivity index (χ1v) is 10.3. The van der Waals surface area contributed by atoms with Crippen molar-refractivity contribution in [3.63, 3.8) is 0 Å². The fraction of sp³-hybridized carbons (Fsp3) is 0.409. The number of nitrogens with zero attached hydrogens (tertiary/aromatic N) is 4. The molecule has 2 aromatic heterocycles. The molecule has 3 aromatic rings. The van der Waals surface area contributed by atoms with Gasteiger partial charge < -0.3 is 19.7 Å². The van der Waals surface area contributed by atoms with Crippen molar-refractivity contribution in [3.8, 4) is 11.4 Å². The van der Waals surface area contributed by atoms with Crippen LogP contribution in [0, 0.1) is 0 Å².